The average molecular weight is 199 g/mol. The van der Waals surface area contributed by atoms with Crippen molar-refractivity contribution in [3.8, 4) is 0 Å². The van der Waals surface area contributed by atoms with Crippen molar-refractivity contribution in [1.82, 2.24) is 5.32 Å². The zero-order chi connectivity index (χ0) is 9.80. The van der Waals surface area contributed by atoms with E-state index in [0.717, 1.165) is 32.6 Å². The van der Waals surface area contributed by atoms with Crippen LogP contribution in [0.2, 0.25) is 0 Å². The molecular formula is C11H21NO2. The quantitative estimate of drug-likeness (QED) is 0.710. The highest BCUT2D eigenvalue weighted by Gasteiger charge is 2.24. The second-order valence-electron chi connectivity index (χ2n) is 4.60. The van der Waals surface area contributed by atoms with Crippen LogP contribution in [0.1, 0.15) is 32.1 Å². The molecule has 0 bridgehead atoms. The van der Waals surface area contributed by atoms with Gasteiger partial charge in [-0.05, 0) is 25.2 Å². The molecule has 14 heavy (non-hydrogen) atoms. The molecular weight excluding hydrogens is 178 g/mol. The van der Waals surface area contributed by atoms with E-state index in [4.69, 9.17) is 4.74 Å². The van der Waals surface area contributed by atoms with Crippen LogP contribution >= 0.6 is 0 Å². The molecule has 2 aliphatic rings. The molecule has 1 aliphatic heterocycles. The summed E-state index contributed by atoms with van der Waals surface area (Å²) < 4.78 is 5.32. The Morgan fingerprint density at radius 3 is 2.79 bits per heavy atom. The van der Waals surface area contributed by atoms with Crippen LogP contribution in [0.3, 0.4) is 0 Å². The first-order chi connectivity index (χ1) is 6.86. The van der Waals surface area contributed by atoms with Crippen molar-refractivity contribution in [3.05, 3.63) is 0 Å². The summed E-state index contributed by atoms with van der Waals surface area (Å²) in [4.78, 5) is 0. The van der Waals surface area contributed by atoms with Gasteiger partial charge in [0.2, 0.25) is 0 Å². The first kappa shape index (κ1) is 10.4. The molecule has 1 heterocycles. The topological polar surface area (TPSA) is 41.5 Å². The molecule has 0 amide bonds. The van der Waals surface area contributed by atoms with Crippen molar-refractivity contribution in [3.63, 3.8) is 0 Å². The minimum Gasteiger partial charge on any atom is -0.392 e. The number of ether oxygens (including phenoxy) is 1. The SMILES string of the molecule is O[C@H]1CCCC[C@@H]1NCC1CCOC1. The van der Waals surface area contributed by atoms with E-state index < -0.39 is 0 Å². The summed E-state index contributed by atoms with van der Waals surface area (Å²) in [5.41, 5.74) is 0. The summed E-state index contributed by atoms with van der Waals surface area (Å²) in [6, 6.07) is 0.337. The monoisotopic (exact) mass is 199 g/mol. The maximum atomic E-state index is 9.75. The van der Waals surface area contributed by atoms with Gasteiger partial charge < -0.3 is 15.2 Å². The molecule has 1 unspecified atom stereocenters. The highest BCUT2D eigenvalue weighted by molar-refractivity contribution is 4.81. The van der Waals surface area contributed by atoms with E-state index in [1.54, 1.807) is 0 Å². The minimum atomic E-state index is -0.119. The zero-order valence-electron chi connectivity index (χ0n) is 8.74. The molecule has 0 aromatic heterocycles. The van der Waals surface area contributed by atoms with Crippen molar-refractivity contribution < 1.29 is 9.84 Å². The Morgan fingerprint density at radius 2 is 2.07 bits per heavy atom. The number of rotatable bonds is 3. The molecule has 2 rings (SSSR count). The van der Waals surface area contributed by atoms with Crippen molar-refractivity contribution in [1.29, 1.82) is 0 Å². The Kier molecular flexibility index (Phi) is 3.79. The predicted molar refractivity (Wildman–Crippen MR) is 55.2 cm³/mol. The van der Waals surface area contributed by atoms with Crippen LogP contribution in [0.15, 0.2) is 0 Å². The van der Waals surface area contributed by atoms with Crippen LogP contribution < -0.4 is 5.32 Å². The molecule has 0 aromatic carbocycles. The summed E-state index contributed by atoms with van der Waals surface area (Å²) in [7, 11) is 0. The standard InChI is InChI=1S/C11H21NO2/c13-11-4-2-1-3-10(11)12-7-9-5-6-14-8-9/h9-13H,1-8H2/t9?,10-,11-/m0/s1. The fourth-order valence-electron chi connectivity index (χ4n) is 2.41. The summed E-state index contributed by atoms with van der Waals surface area (Å²) in [5.74, 6) is 0.670. The van der Waals surface area contributed by atoms with Crippen LogP contribution in [0.4, 0.5) is 0 Å². The Labute approximate surface area is 85.8 Å². The van der Waals surface area contributed by atoms with Gasteiger partial charge in [-0.25, -0.2) is 0 Å². The molecule has 3 nitrogen and oxygen atoms in total. The lowest BCUT2D eigenvalue weighted by molar-refractivity contribution is 0.0880. The van der Waals surface area contributed by atoms with E-state index in [9.17, 15) is 5.11 Å². The number of hydrogen-bond donors (Lipinski definition) is 2. The molecule has 0 aromatic rings. The molecule has 2 N–H and O–H groups in total. The van der Waals surface area contributed by atoms with Crippen molar-refractivity contribution in [2.75, 3.05) is 19.8 Å². The van der Waals surface area contributed by atoms with Crippen molar-refractivity contribution in [2.45, 2.75) is 44.2 Å². The van der Waals surface area contributed by atoms with E-state index in [1.165, 1.54) is 19.3 Å². The van der Waals surface area contributed by atoms with E-state index in [-0.39, 0.29) is 6.10 Å². The van der Waals surface area contributed by atoms with Gasteiger partial charge in [0.15, 0.2) is 0 Å². The van der Waals surface area contributed by atoms with E-state index in [2.05, 4.69) is 5.32 Å². The Hall–Kier alpha value is -0.120. The molecule has 1 saturated heterocycles. The number of aliphatic hydroxyl groups is 1. The predicted octanol–water partition coefficient (Wildman–Crippen LogP) is 0.916. The van der Waals surface area contributed by atoms with Crippen LogP contribution in [0, 0.1) is 5.92 Å². The molecule has 1 aliphatic carbocycles. The molecule has 0 radical (unpaired) electrons. The summed E-state index contributed by atoms with van der Waals surface area (Å²) in [5, 5.41) is 13.2. The summed E-state index contributed by atoms with van der Waals surface area (Å²) in [6.45, 7) is 2.83. The van der Waals surface area contributed by atoms with Gasteiger partial charge in [0.25, 0.3) is 0 Å². The lowest BCUT2D eigenvalue weighted by Crippen LogP contribution is -2.44. The number of aliphatic hydroxyl groups excluding tert-OH is 1. The molecule has 2 fully saturated rings. The van der Waals surface area contributed by atoms with Crippen molar-refractivity contribution >= 4 is 0 Å². The Bertz CT molecular complexity index is 169. The second kappa shape index (κ2) is 5.10. The van der Waals surface area contributed by atoms with Gasteiger partial charge in [-0.3, -0.25) is 0 Å². The van der Waals surface area contributed by atoms with Gasteiger partial charge in [-0.1, -0.05) is 12.8 Å². The first-order valence-corrected chi connectivity index (χ1v) is 5.85. The third-order valence-corrected chi connectivity index (χ3v) is 3.42. The molecule has 82 valence electrons. The van der Waals surface area contributed by atoms with Gasteiger partial charge in [-0.15, -0.1) is 0 Å². The summed E-state index contributed by atoms with van der Waals surface area (Å²) >= 11 is 0. The fourth-order valence-corrected chi connectivity index (χ4v) is 2.41. The maximum Gasteiger partial charge on any atom is 0.0693 e. The lowest BCUT2D eigenvalue weighted by atomic mass is 9.92. The average Bonchev–Trinajstić information content (AvgIpc) is 2.69. The molecule has 3 atom stereocenters. The molecule has 0 spiro atoms. The Morgan fingerprint density at radius 1 is 1.21 bits per heavy atom. The third kappa shape index (κ3) is 2.69. The normalized spacial score (nSPS) is 38.8. The first-order valence-electron chi connectivity index (χ1n) is 5.85. The minimum absolute atomic E-state index is 0.119. The van der Waals surface area contributed by atoms with Crippen LogP contribution in [-0.4, -0.2) is 37.0 Å². The third-order valence-electron chi connectivity index (χ3n) is 3.42. The van der Waals surface area contributed by atoms with E-state index in [1.807, 2.05) is 0 Å². The fraction of sp³-hybridized carbons (Fsp3) is 1.00. The molecule has 1 saturated carbocycles. The maximum absolute atomic E-state index is 9.75. The van der Waals surface area contributed by atoms with Crippen LogP contribution in [0.25, 0.3) is 0 Å². The van der Waals surface area contributed by atoms with Crippen LogP contribution in [0.5, 0.6) is 0 Å². The second-order valence-corrected chi connectivity index (χ2v) is 4.60. The molecule has 3 heteroatoms. The van der Waals surface area contributed by atoms with E-state index >= 15 is 0 Å². The van der Waals surface area contributed by atoms with Gasteiger partial charge in [-0.2, -0.15) is 0 Å². The van der Waals surface area contributed by atoms with Crippen LogP contribution in [-0.2, 0) is 4.74 Å². The Balaban J connectivity index is 1.67. The number of hydrogen-bond acceptors (Lipinski definition) is 3. The van der Waals surface area contributed by atoms with Gasteiger partial charge in [0.05, 0.1) is 12.7 Å². The smallest absolute Gasteiger partial charge is 0.0693 e. The van der Waals surface area contributed by atoms with E-state index in [0.29, 0.717) is 12.0 Å². The number of nitrogens with one attached hydrogen (secondary N) is 1. The van der Waals surface area contributed by atoms with Gasteiger partial charge >= 0.3 is 0 Å². The zero-order valence-corrected chi connectivity index (χ0v) is 8.74. The van der Waals surface area contributed by atoms with Crippen molar-refractivity contribution in [2.24, 2.45) is 5.92 Å². The largest absolute Gasteiger partial charge is 0.392 e. The van der Waals surface area contributed by atoms with Gasteiger partial charge in [0.1, 0.15) is 0 Å². The highest BCUT2D eigenvalue weighted by atomic mass is 16.5. The lowest BCUT2D eigenvalue weighted by Gasteiger charge is -2.29. The van der Waals surface area contributed by atoms with Gasteiger partial charge in [0, 0.05) is 19.2 Å². The highest BCUT2D eigenvalue weighted by Crippen LogP contribution is 2.19. The summed E-state index contributed by atoms with van der Waals surface area (Å²) in [6.07, 6.45) is 5.61.